The van der Waals surface area contributed by atoms with Crippen LogP contribution in [0, 0.1) is 0 Å². The second-order valence-corrected chi connectivity index (χ2v) is 2.25. The first-order valence-electron chi connectivity index (χ1n) is 1.94. The molecule has 0 unspecified atom stereocenters. The van der Waals surface area contributed by atoms with Crippen LogP contribution in [-0.4, -0.2) is 10.2 Å². The Bertz CT molecular complexity index is 199. The summed E-state index contributed by atoms with van der Waals surface area (Å²) in [5.41, 5.74) is 0. The Morgan fingerprint density at radius 2 is 1.33 bits per heavy atom. The molecule has 0 saturated carbocycles. The average Bonchev–Trinajstić information content (AvgIpc) is 1.98. The van der Waals surface area contributed by atoms with E-state index >= 15 is 0 Å². The van der Waals surface area contributed by atoms with Crippen LogP contribution in [0.1, 0.15) is 0 Å². The minimum Gasteiger partial charge on any atom is -0.278 e. The third-order valence-electron chi connectivity index (χ3n) is 0.737. The summed E-state index contributed by atoms with van der Waals surface area (Å²) in [6, 6.07) is 0. The Balaban J connectivity index is 3.06. The molecule has 0 saturated heterocycles. The molecule has 0 bridgehead atoms. The van der Waals surface area contributed by atoms with Crippen LogP contribution in [0.25, 0.3) is 0 Å². The maximum atomic E-state index is 11.9. The van der Waals surface area contributed by atoms with Crippen molar-refractivity contribution < 1.29 is 18.4 Å². The van der Waals surface area contributed by atoms with Gasteiger partial charge in [-0.15, -0.1) is 0 Å². The summed E-state index contributed by atoms with van der Waals surface area (Å²) in [7, 11) is 0. The molecule has 0 aromatic heterocycles. The quantitative estimate of drug-likeness (QED) is 0.515. The van der Waals surface area contributed by atoms with Crippen molar-refractivity contribution in [3.05, 3.63) is 11.7 Å². The Kier molecular flexibility index (Phi) is 1.36. The SMILES string of the molecule is O=C1SC(=O)C(F)=C1F. The third-order valence-corrected chi connectivity index (χ3v) is 1.47. The molecular formula is C4F2O2S. The lowest BCUT2D eigenvalue weighted by Gasteiger charge is -1.74. The molecule has 1 aliphatic heterocycles. The van der Waals surface area contributed by atoms with Gasteiger partial charge in [-0.1, -0.05) is 0 Å². The van der Waals surface area contributed by atoms with E-state index in [4.69, 9.17) is 0 Å². The minimum absolute atomic E-state index is 0.0347. The van der Waals surface area contributed by atoms with E-state index in [2.05, 4.69) is 0 Å². The van der Waals surface area contributed by atoms with Crippen molar-refractivity contribution in [2.24, 2.45) is 0 Å². The normalized spacial score (nSPS) is 19.8. The largest absolute Gasteiger partial charge is 0.278 e. The van der Waals surface area contributed by atoms with Gasteiger partial charge in [-0.25, -0.2) is 0 Å². The zero-order chi connectivity index (χ0) is 7.02. The maximum Gasteiger partial charge on any atom is 0.258 e. The minimum atomic E-state index is -1.56. The van der Waals surface area contributed by atoms with Crippen molar-refractivity contribution >= 4 is 22.0 Å². The number of thioether (sulfide) groups is 1. The monoisotopic (exact) mass is 150 g/mol. The lowest BCUT2D eigenvalue weighted by molar-refractivity contribution is -0.109. The summed E-state index contributed by atoms with van der Waals surface area (Å²) in [5, 5.41) is -2.28. The molecule has 5 heteroatoms. The Morgan fingerprint density at radius 1 is 1.00 bits per heavy atom. The first kappa shape index (κ1) is 6.41. The summed E-state index contributed by atoms with van der Waals surface area (Å²) in [6.45, 7) is 0. The number of carbonyl (C=O) groups is 2. The summed E-state index contributed by atoms with van der Waals surface area (Å²) >= 11 is 0.0347. The highest BCUT2D eigenvalue weighted by Gasteiger charge is 2.32. The molecule has 1 heterocycles. The van der Waals surface area contributed by atoms with Crippen LogP contribution >= 0.6 is 11.8 Å². The van der Waals surface area contributed by atoms with Gasteiger partial charge in [0.05, 0.1) is 0 Å². The van der Waals surface area contributed by atoms with Gasteiger partial charge >= 0.3 is 0 Å². The van der Waals surface area contributed by atoms with Crippen molar-refractivity contribution in [1.29, 1.82) is 0 Å². The number of hydrogen-bond acceptors (Lipinski definition) is 3. The predicted molar refractivity (Wildman–Crippen MR) is 26.8 cm³/mol. The van der Waals surface area contributed by atoms with Gasteiger partial charge in [0.25, 0.3) is 10.2 Å². The maximum absolute atomic E-state index is 11.9. The van der Waals surface area contributed by atoms with Crippen LogP contribution in [0.2, 0.25) is 0 Å². The molecule has 0 aromatic rings. The molecule has 0 aliphatic carbocycles. The molecular weight excluding hydrogens is 150 g/mol. The topological polar surface area (TPSA) is 34.1 Å². The molecule has 0 aromatic carbocycles. The molecule has 1 aliphatic rings. The second kappa shape index (κ2) is 1.91. The molecule has 0 spiro atoms. The van der Waals surface area contributed by atoms with Gasteiger partial charge in [0.1, 0.15) is 0 Å². The highest BCUT2D eigenvalue weighted by Crippen LogP contribution is 2.29. The summed E-state index contributed by atoms with van der Waals surface area (Å²) < 4.78 is 23.7. The predicted octanol–water partition coefficient (Wildman–Crippen LogP) is 0.937. The van der Waals surface area contributed by atoms with E-state index in [0.29, 0.717) is 0 Å². The van der Waals surface area contributed by atoms with Crippen molar-refractivity contribution in [3.8, 4) is 0 Å². The molecule has 2 nitrogen and oxygen atoms in total. The Labute approximate surface area is 52.9 Å². The fourth-order valence-electron chi connectivity index (χ4n) is 0.353. The molecule has 9 heavy (non-hydrogen) atoms. The first-order valence-corrected chi connectivity index (χ1v) is 2.76. The first-order chi connectivity index (χ1) is 4.13. The van der Waals surface area contributed by atoms with E-state index in [-0.39, 0.29) is 11.8 Å². The summed E-state index contributed by atoms with van der Waals surface area (Å²) in [6.07, 6.45) is 0. The van der Waals surface area contributed by atoms with Gasteiger partial charge in [0, 0.05) is 11.8 Å². The van der Waals surface area contributed by atoms with Crippen LogP contribution < -0.4 is 0 Å². The van der Waals surface area contributed by atoms with E-state index in [9.17, 15) is 18.4 Å². The summed E-state index contributed by atoms with van der Waals surface area (Å²) in [4.78, 5) is 20.1. The molecule has 0 radical (unpaired) electrons. The van der Waals surface area contributed by atoms with Crippen LogP contribution in [-0.2, 0) is 9.59 Å². The van der Waals surface area contributed by atoms with Crippen LogP contribution in [0.5, 0.6) is 0 Å². The standard InChI is InChI=1S/C4F2O2S/c5-1-2(6)4(8)9-3(1)7. The van der Waals surface area contributed by atoms with Gasteiger partial charge in [0.2, 0.25) is 11.7 Å². The van der Waals surface area contributed by atoms with Crippen molar-refractivity contribution in [3.63, 3.8) is 0 Å². The van der Waals surface area contributed by atoms with Gasteiger partial charge in [-0.2, -0.15) is 8.78 Å². The van der Waals surface area contributed by atoms with Gasteiger partial charge in [-0.3, -0.25) is 9.59 Å². The molecule has 48 valence electrons. The average molecular weight is 150 g/mol. The van der Waals surface area contributed by atoms with E-state index < -0.39 is 21.9 Å². The van der Waals surface area contributed by atoms with Crippen LogP contribution in [0.3, 0.4) is 0 Å². The fourth-order valence-corrected chi connectivity index (χ4v) is 0.880. The number of hydrogen-bond donors (Lipinski definition) is 0. The lowest BCUT2D eigenvalue weighted by Crippen LogP contribution is -1.83. The van der Waals surface area contributed by atoms with Gasteiger partial charge < -0.3 is 0 Å². The zero-order valence-corrected chi connectivity index (χ0v) is 4.80. The molecule has 0 amide bonds. The van der Waals surface area contributed by atoms with Crippen LogP contribution in [0.15, 0.2) is 11.7 Å². The zero-order valence-electron chi connectivity index (χ0n) is 3.98. The van der Waals surface area contributed by atoms with E-state index in [1.54, 1.807) is 0 Å². The van der Waals surface area contributed by atoms with Gasteiger partial charge in [0.15, 0.2) is 0 Å². The van der Waals surface area contributed by atoms with Crippen molar-refractivity contribution in [1.82, 2.24) is 0 Å². The summed E-state index contributed by atoms with van der Waals surface area (Å²) in [5.74, 6) is -3.13. The highest BCUT2D eigenvalue weighted by atomic mass is 32.2. The van der Waals surface area contributed by atoms with E-state index in [1.165, 1.54) is 0 Å². The fraction of sp³-hybridized carbons (Fsp3) is 0. The highest BCUT2D eigenvalue weighted by molar-refractivity contribution is 8.27. The van der Waals surface area contributed by atoms with Crippen molar-refractivity contribution in [2.45, 2.75) is 0 Å². The molecule has 0 N–H and O–H groups in total. The second-order valence-electron chi connectivity index (χ2n) is 1.30. The number of halogens is 2. The smallest absolute Gasteiger partial charge is 0.258 e. The van der Waals surface area contributed by atoms with E-state index in [1.807, 2.05) is 0 Å². The molecule has 0 fully saturated rings. The third kappa shape index (κ3) is 0.873. The molecule has 1 rings (SSSR count). The number of carbonyl (C=O) groups excluding carboxylic acids is 2. The number of rotatable bonds is 0. The van der Waals surface area contributed by atoms with Crippen molar-refractivity contribution in [2.75, 3.05) is 0 Å². The Morgan fingerprint density at radius 3 is 1.44 bits per heavy atom. The lowest BCUT2D eigenvalue weighted by atomic mass is 10.5. The van der Waals surface area contributed by atoms with Gasteiger partial charge in [-0.05, 0) is 0 Å². The van der Waals surface area contributed by atoms with E-state index in [0.717, 1.165) is 0 Å². The van der Waals surface area contributed by atoms with Crippen LogP contribution in [0.4, 0.5) is 8.78 Å². The molecule has 0 atom stereocenters. The Hall–Kier alpha value is -0.710.